The molecule has 0 aromatic heterocycles. The van der Waals surface area contributed by atoms with Gasteiger partial charge in [0.15, 0.2) is 0 Å². The van der Waals surface area contributed by atoms with Gasteiger partial charge in [0.1, 0.15) is 5.75 Å². The maximum atomic E-state index is 10.0. The van der Waals surface area contributed by atoms with Crippen molar-refractivity contribution < 1.29 is 5.11 Å². The molecule has 0 aliphatic heterocycles. The van der Waals surface area contributed by atoms with Crippen molar-refractivity contribution in [3.8, 4) is 5.75 Å². The second kappa shape index (κ2) is 5.88. The van der Waals surface area contributed by atoms with Crippen molar-refractivity contribution in [3.05, 3.63) is 57.1 Å². The largest absolute Gasteiger partial charge is 0.508 e. The van der Waals surface area contributed by atoms with Crippen molar-refractivity contribution in [1.82, 2.24) is 0 Å². The van der Waals surface area contributed by atoms with Gasteiger partial charge < -0.3 is 10.4 Å². The standard InChI is InChI=1S/C17H20BrNO/c1-10-5-6-16(20)14(8-10)13(4)19-17-12(3)7-11(2)9-15(17)18/h5-9,13,19-20H,1-4H3. The van der Waals surface area contributed by atoms with Gasteiger partial charge in [0.25, 0.3) is 0 Å². The molecule has 2 aromatic carbocycles. The molecule has 0 aliphatic rings. The van der Waals surface area contributed by atoms with Crippen molar-refractivity contribution in [1.29, 1.82) is 0 Å². The van der Waals surface area contributed by atoms with E-state index in [0.29, 0.717) is 5.75 Å². The SMILES string of the molecule is Cc1cc(C)c(NC(C)c2cc(C)ccc2O)c(Br)c1. The second-order valence-electron chi connectivity index (χ2n) is 5.37. The summed E-state index contributed by atoms with van der Waals surface area (Å²) < 4.78 is 1.05. The highest BCUT2D eigenvalue weighted by Crippen LogP contribution is 2.33. The number of aromatic hydroxyl groups is 1. The first-order valence-corrected chi connectivity index (χ1v) is 7.50. The summed E-state index contributed by atoms with van der Waals surface area (Å²) in [6, 6.07) is 9.96. The number of phenolic OH excluding ortho intramolecular Hbond substituents is 1. The Morgan fingerprint density at radius 1 is 1.05 bits per heavy atom. The minimum Gasteiger partial charge on any atom is -0.508 e. The molecule has 20 heavy (non-hydrogen) atoms. The Hall–Kier alpha value is -1.48. The minimum absolute atomic E-state index is 0.0348. The molecule has 2 nitrogen and oxygen atoms in total. The third kappa shape index (κ3) is 3.15. The summed E-state index contributed by atoms with van der Waals surface area (Å²) in [7, 11) is 0. The zero-order valence-corrected chi connectivity index (χ0v) is 13.9. The molecule has 0 fully saturated rings. The number of nitrogens with one attached hydrogen (secondary N) is 1. The second-order valence-corrected chi connectivity index (χ2v) is 6.22. The lowest BCUT2D eigenvalue weighted by atomic mass is 10.0. The molecule has 0 heterocycles. The van der Waals surface area contributed by atoms with E-state index in [2.05, 4.69) is 54.2 Å². The van der Waals surface area contributed by atoms with Crippen LogP contribution >= 0.6 is 15.9 Å². The zero-order valence-electron chi connectivity index (χ0n) is 12.3. The lowest BCUT2D eigenvalue weighted by Gasteiger charge is -2.20. The number of aryl methyl sites for hydroxylation is 3. The number of hydrogen-bond acceptors (Lipinski definition) is 2. The number of phenols is 1. The van der Waals surface area contributed by atoms with Crippen molar-refractivity contribution >= 4 is 21.6 Å². The molecule has 1 unspecified atom stereocenters. The zero-order chi connectivity index (χ0) is 14.9. The Kier molecular flexibility index (Phi) is 4.39. The molecular weight excluding hydrogens is 314 g/mol. The fourth-order valence-electron chi connectivity index (χ4n) is 2.41. The summed E-state index contributed by atoms with van der Waals surface area (Å²) in [4.78, 5) is 0. The van der Waals surface area contributed by atoms with Gasteiger partial charge in [0.05, 0.1) is 11.7 Å². The van der Waals surface area contributed by atoms with Gasteiger partial charge in [-0.15, -0.1) is 0 Å². The Morgan fingerprint density at radius 3 is 2.40 bits per heavy atom. The van der Waals surface area contributed by atoms with Crippen LogP contribution in [-0.2, 0) is 0 Å². The van der Waals surface area contributed by atoms with Crippen LogP contribution in [0.3, 0.4) is 0 Å². The van der Waals surface area contributed by atoms with Crippen LogP contribution in [0.1, 0.15) is 35.2 Å². The quantitative estimate of drug-likeness (QED) is 0.803. The minimum atomic E-state index is 0.0348. The molecule has 0 bridgehead atoms. The molecule has 3 heteroatoms. The van der Waals surface area contributed by atoms with Crippen molar-refractivity contribution in [3.63, 3.8) is 0 Å². The number of hydrogen-bond donors (Lipinski definition) is 2. The van der Waals surface area contributed by atoms with Gasteiger partial charge in [0.2, 0.25) is 0 Å². The smallest absolute Gasteiger partial charge is 0.120 e. The fraction of sp³-hybridized carbons (Fsp3) is 0.294. The third-order valence-electron chi connectivity index (χ3n) is 3.44. The van der Waals surface area contributed by atoms with Gasteiger partial charge in [-0.1, -0.05) is 23.8 Å². The summed E-state index contributed by atoms with van der Waals surface area (Å²) >= 11 is 3.61. The number of anilines is 1. The van der Waals surface area contributed by atoms with E-state index in [1.165, 1.54) is 11.1 Å². The summed E-state index contributed by atoms with van der Waals surface area (Å²) in [6.45, 7) is 8.25. The van der Waals surface area contributed by atoms with Gasteiger partial charge in [0, 0.05) is 10.0 Å². The van der Waals surface area contributed by atoms with Crippen LogP contribution < -0.4 is 5.32 Å². The van der Waals surface area contributed by atoms with E-state index in [4.69, 9.17) is 0 Å². The molecule has 2 rings (SSSR count). The van der Waals surface area contributed by atoms with Crippen LogP contribution in [0.2, 0.25) is 0 Å². The predicted molar refractivity (Wildman–Crippen MR) is 88.5 cm³/mol. The highest BCUT2D eigenvalue weighted by Gasteiger charge is 2.13. The van der Waals surface area contributed by atoms with Crippen LogP contribution in [0.5, 0.6) is 5.75 Å². The first-order chi connectivity index (χ1) is 9.38. The molecule has 0 radical (unpaired) electrons. The predicted octanol–water partition coefficient (Wildman–Crippen LogP) is 5.25. The summed E-state index contributed by atoms with van der Waals surface area (Å²) in [5.74, 6) is 0.330. The molecular formula is C17H20BrNO. The van der Waals surface area contributed by atoms with E-state index in [-0.39, 0.29) is 6.04 Å². The van der Waals surface area contributed by atoms with Gasteiger partial charge in [-0.05, 0) is 66.9 Å². The molecule has 106 valence electrons. The summed E-state index contributed by atoms with van der Waals surface area (Å²) in [5.41, 5.74) is 5.55. The van der Waals surface area contributed by atoms with Crippen LogP contribution in [0.15, 0.2) is 34.8 Å². The molecule has 0 saturated heterocycles. The van der Waals surface area contributed by atoms with Crippen LogP contribution in [0.25, 0.3) is 0 Å². The maximum absolute atomic E-state index is 10.0. The van der Waals surface area contributed by atoms with E-state index >= 15 is 0 Å². The Balaban J connectivity index is 2.32. The average molecular weight is 334 g/mol. The topological polar surface area (TPSA) is 32.3 Å². The van der Waals surface area contributed by atoms with E-state index < -0.39 is 0 Å². The van der Waals surface area contributed by atoms with Crippen molar-refractivity contribution in [2.24, 2.45) is 0 Å². The first-order valence-electron chi connectivity index (χ1n) is 6.71. The van der Waals surface area contributed by atoms with E-state index in [1.807, 2.05) is 19.1 Å². The molecule has 0 spiro atoms. The van der Waals surface area contributed by atoms with Crippen molar-refractivity contribution in [2.75, 3.05) is 5.32 Å². The molecule has 0 saturated carbocycles. The van der Waals surface area contributed by atoms with Gasteiger partial charge in [-0.25, -0.2) is 0 Å². The lowest BCUT2D eigenvalue weighted by Crippen LogP contribution is -2.09. The monoisotopic (exact) mass is 333 g/mol. The number of benzene rings is 2. The fourth-order valence-corrected chi connectivity index (χ4v) is 3.20. The van der Waals surface area contributed by atoms with E-state index in [0.717, 1.165) is 21.3 Å². The Labute approximate surface area is 129 Å². The number of rotatable bonds is 3. The van der Waals surface area contributed by atoms with E-state index in [1.54, 1.807) is 6.07 Å². The van der Waals surface area contributed by atoms with Crippen LogP contribution in [-0.4, -0.2) is 5.11 Å². The molecule has 2 aromatic rings. The Bertz CT molecular complexity index is 614. The third-order valence-corrected chi connectivity index (χ3v) is 4.07. The van der Waals surface area contributed by atoms with Crippen LogP contribution in [0, 0.1) is 20.8 Å². The molecule has 1 atom stereocenters. The van der Waals surface area contributed by atoms with Crippen molar-refractivity contribution in [2.45, 2.75) is 33.7 Å². The normalized spacial score (nSPS) is 12.2. The highest BCUT2D eigenvalue weighted by atomic mass is 79.9. The average Bonchev–Trinajstić information content (AvgIpc) is 2.36. The summed E-state index contributed by atoms with van der Waals surface area (Å²) in [6.07, 6.45) is 0. The Morgan fingerprint density at radius 2 is 1.75 bits per heavy atom. The number of halogens is 1. The van der Waals surface area contributed by atoms with Gasteiger partial charge in [-0.3, -0.25) is 0 Å². The molecule has 0 aliphatic carbocycles. The maximum Gasteiger partial charge on any atom is 0.120 e. The highest BCUT2D eigenvalue weighted by molar-refractivity contribution is 9.10. The van der Waals surface area contributed by atoms with Gasteiger partial charge in [-0.2, -0.15) is 0 Å². The lowest BCUT2D eigenvalue weighted by molar-refractivity contribution is 0.465. The molecule has 0 amide bonds. The first kappa shape index (κ1) is 14.9. The summed E-state index contributed by atoms with van der Waals surface area (Å²) in [5, 5.41) is 13.5. The molecule has 2 N–H and O–H groups in total. The van der Waals surface area contributed by atoms with Gasteiger partial charge >= 0.3 is 0 Å². The van der Waals surface area contributed by atoms with E-state index in [9.17, 15) is 5.11 Å². The van der Waals surface area contributed by atoms with Crippen LogP contribution in [0.4, 0.5) is 5.69 Å².